The Labute approximate surface area is 135 Å². The average Bonchev–Trinajstić information content (AvgIpc) is 2.60. The number of rotatable bonds is 1. The van der Waals surface area contributed by atoms with Crippen LogP contribution in [0.1, 0.15) is 15.9 Å². The molecule has 4 heteroatoms. The van der Waals surface area contributed by atoms with E-state index in [-0.39, 0.29) is 5.78 Å². The van der Waals surface area contributed by atoms with Gasteiger partial charge >= 0.3 is 0 Å². The van der Waals surface area contributed by atoms with E-state index < -0.39 is 10.7 Å². The van der Waals surface area contributed by atoms with Crippen molar-refractivity contribution in [1.82, 2.24) is 0 Å². The van der Waals surface area contributed by atoms with Crippen LogP contribution >= 0.6 is 0 Å². The molecule has 3 aromatic rings. The minimum absolute atomic E-state index is 0.106. The van der Waals surface area contributed by atoms with Gasteiger partial charge in [-0.1, -0.05) is 60.7 Å². The third-order valence-electron chi connectivity index (χ3n) is 3.58. The molecule has 0 spiro atoms. The van der Waals surface area contributed by atoms with Crippen molar-refractivity contribution in [2.45, 2.75) is 4.90 Å². The lowest BCUT2D eigenvalue weighted by Gasteiger charge is -2.10. The topological polar surface area (TPSA) is 51.2 Å². The van der Waals surface area contributed by atoms with Gasteiger partial charge in [-0.2, -0.15) is 0 Å². The molecule has 1 aliphatic rings. The summed E-state index contributed by atoms with van der Waals surface area (Å²) >= 11 is 0. The normalized spacial score (nSPS) is 12.1. The molecule has 0 atom stereocenters. The Hall–Kier alpha value is -2.72. The van der Waals surface area contributed by atoms with Gasteiger partial charge in [0.25, 0.3) is 0 Å². The fourth-order valence-electron chi connectivity index (χ4n) is 2.52. The van der Waals surface area contributed by atoms with E-state index in [1.807, 2.05) is 42.5 Å². The van der Waals surface area contributed by atoms with Crippen molar-refractivity contribution in [2.75, 3.05) is 0 Å². The number of hydrogen-bond donors (Lipinski definition) is 1. The molecule has 3 aromatic carbocycles. The summed E-state index contributed by atoms with van der Waals surface area (Å²) in [5.41, 5.74) is 1.96. The molecule has 0 saturated heterocycles. The molecule has 0 radical (unpaired) electrons. The lowest BCUT2D eigenvalue weighted by atomic mass is 9.92. The Morgan fingerprint density at radius 3 is 2.04 bits per heavy atom. The number of thiol groups is 1. The van der Waals surface area contributed by atoms with Gasteiger partial charge in [-0.05, 0) is 29.2 Å². The highest BCUT2D eigenvalue weighted by Gasteiger charge is 2.13. The highest BCUT2D eigenvalue weighted by atomic mass is 32.2. The molecule has 0 aliphatic heterocycles. The lowest BCUT2D eigenvalue weighted by Crippen LogP contribution is -2.00. The number of ketones is 1. The molecule has 0 heterocycles. The molecular weight excluding hydrogens is 308 g/mol. The van der Waals surface area contributed by atoms with Gasteiger partial charge in [0, 0.05) is 10.9 Å². The maximum Gasteiger partial charge on any atom is 0.186 e. The summed E-state index contributed by atoms with van der Waals surface area (Å²) in [4.78, 5) is 12.0. The van der Waals surface area contributed by atoms with Crippen molar-refractivity contribution in [3.05, 3.63) is 83.9 Å². The standard InChI is InChI=1S/C13H8O.C6H6O2S/c14-12-8-7-10-4-1-3-9-5-2-6-11(12)13(9)10;7-9(8)6-4-2-1-3-5-6/h1-8H;1-5,9H. The summed E-state index contributed by atoms with van der Waals surface area (Å²) in [6.07, 6.45) is 3.52. The summed E-state index contributed by atoms with van der Waals surface area (Å²) < 4.78 is 20.5. The van der Waals surface area contributed by atoms with E-state index >= 15 is 0 Å². The third kappa shape index (κ3) is 3.22. The van der Waals surface area contributed by atoms with E-state index in [1.54, 1.807) is 36.4 Å². The first-order valence-electron chi connectivity index (χ1n) is 7.10. The van der Waals surface area contributed by atoms with E-state index in [4.69, 9.17) is 0 Å². The SMILES string of the molecule is O=C1C=Cc2cccc3cccc1c23.O=[SH](=O)c1ccccc1. The summed E-state index contributed by atoms with van der Waals surface area (Å²) in [6, 6.07) is 20.2. The van der Waals surface area contributed by atoms with Crippen LogP contribution in [0.25, 0.3) is 16.8 Å². The van der Waals surface area contributed by atoms with Crippen LogP contribution in [0.4, 0.5) is 0 Å². The minimum Gasteiger partial charge on any atom is -0.289 e. The lowest BCUT2D eigenvalue weighted by molar-refractivity contribution is 0.104. The number of allylic oxidation sites excluding steroid dienone is 1. The minimum atomic E-state index is -2.40. The van der Waals surface area contributed by atoms with Crippen molar-refractivity contribution in [3.8, 4) is 0 Å². The second-order valence-electron chi connectivity index (χ2n) is 5.04. The van der Waals surface area contributed by atoms with Gasteiger partial charge in [0.15, 0.2) is 16.5 Å². The molecule has 0 fully saturated rings. The monoisotopic (exact) mass is 322 g/mol. The molecule has 3 nitrogen and oxygen atoms in total. The second kappa shape index (κ2) is 6.58. The maximum atomic E-state index is 11.6. The largest absolute Gasteiger partial charge is 0.289 e. The average molecular weight is 322 g/mol. The highest BCUT2D eigenvalue weighted by molar-refractivity contribution is 7.72. The highest BCUT2D eigenvalue weighted by Crippen LogP contribution is 2.27. The molecule has 1 aliphatic carbocycles. The first-order chi connectivity index (χ1) is 11.2. The Kier molecular flexibility index (Phi) is 4.35. The van der Waals surface area contributed by atoms with Gasteiger partial charge in [-0.3, -0.25) is 4.79 Å². The van der Waals surface area contributed by atoms with Gasteiger partial charge < -0.3 is 0 Å². The molecule has 0 saturated carbocycles. The quantitative estimate of drug-likeness (QED) is 0.695. The van der Waals surface area contributed by atoms with Crippen LogP contribution in [0.3, 0.4) is 0 Å². The predicted molar refractivity (Wildman–Crippen MR) is 92.3 cm³/mol. The molecule has 0 aromatic heterocycles. The van der Waals surface area contributed by atoms with Crippen molar-refractivity contribution in [3.63, 3.8) is 0 Å². The Bertz CT molecular complexity index is 957. The van der Waals surface area contributed by atoms with Crippen molar-refractivity contribution >= 4 is 33.3 Å². The third-order valence-corrected chi connectivity index (χ3v) is 4.30. The number of hydrogen-bond acceptors (Lipinski definition) is 3. The first kappa shape index (κ1) is 15.2. The van der Waals surface area contributed by atoms with Crippen LogP contribution in [0.5, 0.6) is 0 Å². The predicted octanol–water partition coefficient (Wildman–Crippen LogP) is 3.71. The van der Waals surface area contributed by atoms with Gasteiger partial charge in [0.2, 0.25) is 0 Å². The van der Waals surface area contributed by atoms with Crippen LogP contribution in [0, 0.1) is 0 Å². The summed E-state index contributed by atoms with van der Waals surface area (Å²) in [6.45, 7) is 0. The molecule has 23 heavy (non-hydrogen) atoms. The Morgan fingerprint density at radius 2 is 1.39 bits per heavy atom. The van der Waals surface area contributed by atoms with Crippen molar-refractivity contribution in [1.29, 1.82) is 0 Å². The van der Waals surface area contributed by atoms with E-state index in [1.165, 1.54) is 0 Å². The molecule has 114 valence electrons. The summed E-state index contributed by atoms with van der Waals surface area (Å²) in [7, 11) is -2.40. The van der Waals surface area contributed by atoms with E-state index in [0.29, 0.717) is 4.90 Å². The van der Waals surface area contributed by atoms with E-state index in [2.05, 4.69) is 0 Å². The number of benzene rings is 3. The van der Waals surface area contributed by atoms with Crippen LogP contribution in [-0.4, -0.2) is 14.2 Å². The molecule has 0 bridgehead atoms. The van der Waals surface area contributed by atoms with E-state index in [9.17, 15) is 13.2 Å². The van der Waals surface area contributed by atoms with Gasteiger partial charge in [0.05, 0.1) is 4.90 Å². The Balaban J connectivity index is 0.000000151. The molecule has 0 amide bonds. The molecule has 4 rings (SSSR count). The number of carbonyl (C=O) groups excluding carboxylic acids is 1. The van der Waals surface area contributed by atoms with E-state index in [0.717, 1.165) is 21.9 Å². The molecule has 0 unspecified atom stereocenters. The fraction of sp³-hybridized carbons (Fsp3) is 0. The van der Waals surface area contributed by atoms with Crippen molar-refractivity contribution < 1.29 is 13.2 Å². The van der Waals surface area contributed by atoms with Crippen LogP contribution in [0.2, 0.25) is 0 Å². The van der Waals surface area contributed by atoms with Gasteiger partial charge in [-0.25, -0.2) is 8.42 Å². The molecular formula is C19H14O3S. The fourth-order valence-corrected chi connectivity index (χ4v) is 2.93. The maximum absolute atomic E-state index is 11.6. The van der Waals surface area contributed by atoms with Crippen LogP contribution in [0.15, 0.2) is 77.7 Å². The number of carbonyl (C=O) groups is 1. The summed E-state index contributed by atoms with van der Waals surface area (Å²) in [5.74, 6) is 0.106. The zero-order valence-electron chi connectivity index (χ0n) is 12.2. The van der Waals surface area contributed by atoms with Crippen molar-refractivity contribution in [2.24, 2.45) is 0 Å². The van der Waals surface area contributed by atoms with Gasteiger partial charge in [-0.15, -0.1) is 0 Å². The second-order valence-corrected chi connectivity index (χ2v) is 6.07. The first-order valence-corrected chi connectivity index (χ1v) is 8.28. The zero-order valence-corrected chi connectivity index (χ0v) is 13.1. The van der Waals surface area contributed by atoms with Crippen LogP contribution < -0.4 is 0 Å². The van der Waals surface area contributed by atoms with Gasteiger partial charge in [0.1, 0.15) is 0 Å². The molecule has 0 N–H and O–H groups in total. The zero-order chi connectivity index (χ0) is 16.2. The summed E-state index contributed by atoms with van der Waals surface area (Å²) in [5, 5.41) is 2.22. The Morgan fingerprint density at radius 1 is 0.696 bits per heavy atom. The van der Waals surface area contributed by atoms with Crippen LogP contribution in [-0.2, 0) is 10.7 Å². The smallest absolute Gasteiger partial charge is 0.186 e.